The SMILES string of the molecule is COc1cc(O)c([C@H]2C3=CCn4c(=O)n(C)c(=O)n4[C@@H]3C[C@H]3C(=O)C(c4ccccc4)=CC(=O)[C@@]23c2ccccc2)c(OC)c1. The van der Waals surface area contributed by atoms with E-state index in [-0.39, 0.29) is 41.6 Å². The summed E-state index contributed by atoms with van der Waals surface area (Å²) >= 11 is 0. The fourth-order valence-electron chi connectivity index (χ4n) is 7.72. The van der Waals surface area contributed by atoms with E-state index in [9.17, 15) is 19.5 Å². The molecule has 45 heavy (non-hydrogen) atoms. The van der Waals surface area contributed by atoms with E-state index in [1.807, 2.05) is 42.5 Å². The van der Waals surface area contributed by atoms with Crippen LogP contribution in [0.15, 0.2) is 100 Å². The van der Waals surface area contributed by atoms with Crippen LogP contribution in [0.5, 0.6) is 17.2 Å². The Labute approximate surface area is 258 Å². The fraction of sp³-hybridized carbons (Fsp3) is 0.257. The van der Waals surface area contributed by atoms with Crippen molar-refractivity contribution in [2.45, 2.75) is 30.3 Å². The number of fused-ring (bicyclic) bond motifs is 4. The molecule has 10 heteroatoms. The molecule has 1 fully saturated rings. The minimum absolute atomic E-state index is 0.0687. The summed E-state index contributed by atoms with van der Waals surface area (Å²) in [7, 11) is 4.34. The molecule has 10 nitrogen and oxygen atoms in total. The van der Waals surface area contributed by atoms with Gasteiger partial charge in [0.05, 0.1) is 32.2 Å². The summed E-state index contributed by atoms with van der Waals surface area (Å²) in [6, 6.07) is 20.5. The molecule has 1 aliphatic heterocycles. The predicted molar refractivity (Wildman–Crippen MR) is 166 cm³/mol. The molecule has 0 bridgehead atoms. The van der Waals surface area contributed by atoms with E-state index in [1.54, 1.807) is 30.3 Å². The molecule has 4 aromatic rings. The third-order valence-corrected chi connectivity index (χ3v) is 9.67. The van der Waals surface area contributed by atoms with Crippen LogP contribution in [0.3, 0.4) is 0 Å². The maximum Gasteiger partial charge on any atom is 0.347 e. The molecule has 2 aliphatic carbocycles. The Morgan fingerprint density at radius 2 is 1.58 bits per heavy atom. The second-order valence-electron chi connectivity index (χ2n) is 11.6. The van der Waals surface area contributed by atoms with Gasteiger partial charge >= 0.3 is 11.4 Å². The summed E-state index contributed by atoms with van der Waals surface area (Å²) in [4.78, 5) is 56.5. The summed E-state index contributed by atoms with van der Waals surface area (Å²) in [5, 5.41) is 11.7. The van der Waals surface area contributed by atoms with Gasteiger partial charge in [-0.05, 0) is 29.2 Å². The molecule has 0 radical (unpaired) electrons. The van der Waals surface area contributed by atoms with Crippen molar-refractivity contribution in [3.63, 3.8) is 0 Å². The van der Waals surface area contributed by atoms with Gasteiger partial charge in [0.15, 0.2) is 11.6 Å². The minimum atomic E-state index is -1.51. The number of Topliss-reactive ketones (excluding diaryl/α,β-unsaturated/α-hetero) is 1. The van der Waals surface area contributed by atoms with Gasteiger partial charge in [-0.2, -0.15) is 0 Å². The Bertz CT molecular complexity index is 2050. The Hall–Kier alpha value is -5.38. The molecule has 1 N–H and O–H groups in total. The zero-order valence-electron chi connectivity index (χ0n) is 25.0. The first-order valence-electron chi connectivity index (χ1n) is 14.7. The predicted octanol–water partition coefficient (Wildman–Crippen LogP) is 3.53. The number of benzene rings is 3. The van der Waals surface area contributed by atoms with Gasteiger partial charge in [-0.3, -0.25) is 9.59 Å². The second-order valence-corrected chi connectivity index (χ2v) is 11.6. The first-order chi connectivity index (χ1) is 21.7. The van der Waals surface area contributed by atoms with Crippen LogP contribution in [0.1, 0.15) is 35.1 Å². The van der Waals surface area contributed by atoms with Crippen LogP contribution in [0.4, 0.5) is 0 Å². The third kappa shape index (κ3) is 3.87. The lowest BCUT2D eigenvalue weighted by Gasteiger charge is -2.54. The van der Waals surface area contributed by atoms with E-state index in [1.165, 1.54) is 42.8 Å². The van der Waals surface area contributed by atoms with Gasteiger partial charge in [-0.1, -0.05) is 66.7 Å². The highest BCUT2D eigenvalue weighted by Crippen LogP contribution is 2.63. The zero-order valence-corrected chi connectivity index (χ0v) is 25.0. The highest BCUT2D eigenvalue weighted by atomic mass is 16.5. The Balaban J connectivity index is 1.60. The number of allylic oxidation sites excluding steroid dienone is 4. The van der Waals surface area contributed by atoms with Crippen molar-refractivity contribution in [2.75, 3.05) is 14.2 Å². The standard InChI is InChI=1S/C35H31N3O7/c1-36-33(42)37-15-14-23-26(38(37)34(36)43)19-25-32(41)24(20-10-6-4-7-11-20)18-29(40)35(25,21-12-8-5-9-13-21)31(23)30-27(39)16-22(44-2)17-28(30)45-3/h4-14,16-18,25-26,31,39H,15,19H2,1-3H3/t25-,26+,31+,35-/m0/s1. The average molecular weight is 606 g/mol. The number of ether oxygens (including phenoxy) is 2. The van der Waals surface area contributed by atoms with E-state index in [2.05, 4.69) is 0 Å². The number of nitrogens with zero attached hydrogens (tertiary/aromatic N) is 3. The molecule has 228 valence electrons. The number of carbonyl (C=O) groups excluding carboxylic acids is 2. The van der Waals surface area contributed by atoms with E-state index in [0.717, 1.165) is 4.57 Å². The second kappa shape index (κ2) is 10.4. The highest BCUT2D eigenvalue weighted by Gasteiger charge is 2.64. The molecule has 7 rings (SSSR count). The summed E-state index contributed by atoms with van der Waals surface area (Å²) in [6.45, 7) is 0.0687. The zero-order chi connectivity index (χ0) is 31.6. The van der Waals surface area contributed by atoms with E-state index in [0.29, 0.717) is 28.0 Å². The van der Waals surface area contributed by atoms with Crippen molar-refractivity contribution in [3.8, 4) is 17.2 Å². The summed E-state index contributed by atoms with van der Waals surface area (Å²) in [5.74, 6) is -2.08. The lowest BCUT2D eigenvalue weighted by Crippen LogP contribution is -2.58. The van der Waals surface area contributed by atoms with Crippen LogP contribution < -0.4 is 20.9 Å². The van der Waals surface area contributed by atoms with E-state index < -0.39 is 34.7 Å². The van der Waals surface area contributed by atoms with Crippen molar-refractivity contribution in [3.05, 3.63) is 128 Å². The van der Waals surface area contributed by atoms with Gasteiger partial charge in [0.2, 0.25) is 0 Å². The normalized spacial score (nSPS) is 23.8. The van der Waals surface area contributed by atoms with Gasteiger partial charge < -0.3 is 14.6 Å². The molecule has 3 aliphatic rings. The molecule has 1 saturated carbocycles. The summed E-state index contributed by atoms with van der Waals surface area (Å²) in [6.07, 6.45) is 3.35. The molecule has 4 atom stereocenters. The largest absolute Gasteiger partial charge is 0.507 e. The van der Waals surface area contributed by atoms with Crippen LogP contribution in [-0.2, 0) is 28.6 Å². The molecule has 0 saturated heterocycles. The van der Waals surface area contributed by atoms with Gasteiger partial charge in [0.1, 0.15) is 17.2 Å². The molecule has 2 heterocycles. The number of rotatable bonds is 5. The maximum absolute atomic E-state index is 15.0. The van der Waals surface area contributed by atoms with Crippen molar-refractivity contribution in [1.82, 2.24) is 13.9 Å². The van der Waals surface area contributed by atoms with Gasteiger partial charge in [0, 0.05) is 42.2 Å². The highest BCUT2D eigenvalue weighted by molar-refractivity contribution is 6.31. The minimum Gasteiger partial charge on any atom is -0.507 e. The average Bonchev–Trinajstić information content (AvgIpc) is 3.29. The lowest BCUT2D eigenvalue weighted by atomic mass is 9.47. The van der Waals surface area contributed by atoms with Crippen LogP contribution in [-0.4, -0.2) is 44.8 Å². The van der Waals surface area contributed by atoms with E-state index >= 15 is 4.79 Å². The first-order valence-corrected chi connectivity index (χ1v) is 14.7. The summed E-state index contributed by atoms with van der Waals surface area (Å²) in [5.41, 5.74) is -0.102. The van der Waals surface area contributed by atoms with Crippen molar-refractivity contribution >= 4 is 17.1 Å². The number of ketones is 2. The Kier molecular flexibility index (Phi) is 6.54. The monoisotopic (exact) mass is 605 g/mol. The molecule has 0 unspecified atom stereocenters. The van der Waals surface area contributed by atoms with Crippen LogP contribution in [0.25, 0.3) is 5.57 Å². The van der Waals surface area contributed by atoms with E-state index in [4.69, 9.17) is 9.47 Å². The fourth-order valence-corrected chi connectivity index (χ4v) is 7.72. The van der Waals surface area contributed by atoms with Gasteiger partial charge in [-0.15, -0.1) is 0 Å². The lowest BCUT2D eigenvalue weighted by molar-refractivity contribution is -0.133. The molecular weight excluding hydrogens is 574 g/mol. The number of carbonyl (C=O) groups is 2. The van der Waals surface area contributed by atoms with Crippen LogP contribution in [0.2, 0.25) is 0 Å². The number of methoxy groups -OCH3 is 2. The van der Waals surface area contributed by atoms with Gasteiger partial charge in [-0.25, -0.2) is 23.5 Å². The van der Waals surface area contributed by atoms with Gasteiger partial charge in [0.25, 0.3) is 0 Å². The molecular formula is C35H31N3O7. The number of phenols is 1. The first kappa shape index (κ1) is 28.4. The molecule has 1 aromatic heterocycles. The molecule has 0 spiro atoms. The van der Waals surface area contributed by atoms with Crippen molar-refractivity contribution < 1.29 is 24.2 Å². The van der Waals surface area contributed by atoms with Crippen molar-refractivity contribution in [2.24, 2.45) is 13.0 Å². The molecule has 0 amide bonds. The number of aromatic hydroxyl groups is 1. The van der Waals surface area contributed by atoms with Crippen LogP contribution in [0, 0.1) is 5.92 Å². The number of hydrogen-bond donors (Lipinski definition) is 1. The Morgan fingerprint density at radius 3 is 2.24 bits per heavy atom. The number of phenolic OH excluding ortho intramolecular Hbond substituents is 1. The topological polar surface area (TPSA) is 122 Å². The Morgan fingerprint density at radius 1 is 0.889 bits per heavy atom. The third-order valence-electron chi connectivity index (χ3n) is 9.67. The number of aromatic nitrogens is 3. The van der Waals surface area contributed by atoms with Crippen LogP contribution >= 0.6 is 0 Å². The quantitative estimate of drug-likeness (QED) is 0.346. The smallest absolute Gasteiger partial charge is 0.347 e. The maximum atomic E-state index is 15.0. The number of hydrogen-bond acceptors (Lipinski definition) is 7. The van der Waals surface area contributed by atoms with Crippen molar-refractivity contribution in [1.29, 1.82) is 0 Å². The molecule has 3 aromatic carbocycles. The summed E-state index contributed by atoms with van der Waals surface area (Å²) < 4.78 is 15.0.